The highest BCUT2D eigenvalue weighted by Gasteiger charge is 2.26. The van der Waals surface area contributed by atoms with Crippen molar-refractivity contribution < 1.29 is 22.8 Å². The van der Waals surface area contributed by atoms with Gasteiger partial charge in [0.05, 0.1) is 17.1 Å². The summed E-state index contributed by atoms with van der Waals surface area (Å²) in [5.41, 5.74) is 5.99. The summed E-state index contributed by atoms with van der Waals surface area (Å²) in [6.07, 6.45) is 1.02. The van der Waals surface area contributed by atoms with Crippen LogP contribution < -0.4 is 15.8 Å². The zero-order chi connectivity index (χ0) is 27.1. The van der Waals surface area contributed by atoms with Crippen LogP contribution in [0.25, 0.3) is 0 Å². The van der Waals surface area contributed by atoms with E-state index in [2.05, 4.69) is 10.0 Å². The van der Waals surface area contributed by atoms with Crippen molar-refractivity contribution >= 4 is 45.2 Å². The molecule has 0 aliphatic carbocycles. The molecule has 1 aliphatic heterocycles. The van der Waals surface area contributed by atoms with Gasteiger partial charge in [0, 0.05) is 34.4 Å². The molecule has 9 nitrogen and oxygen atoms in total. The van der Waals surface area contributed by atoms with Crippen molar-refractivity contribution in [1.82, 2.24) is 10.2 Å². The minimum atomic E-state index is -3.91. The van der Waals surface area contributed by atoms with Crippen LogP contribution in [-0.4, -0.2) is 50.7 Å². The van der Waals surface area contributed by atoms with E-state index in [0.717, 1.165) is 9.79 Å². The smallest absolute Gasteiger partial charge is 0.261 e. The third-order valence-electron chi connectivity index (χ3n) is 6.18. The predicted octanol–water partition coefficient (Wildman–Crippen LogP) is 3.09. The summed E-state index contributed by atoms with van der Waals surface area (Å²) in [7, 11) is -3.91. The zero-order valence-corrected chi connectivity index (χ0v) is 22.1. The molecule has 1 saturated heterocycles. The molecular formula is C27H28N4O5S2. The van der Waals surface area contributed by atoms with Gasteiger partial charge in [-0.2, -0.15) is 0 Å². The van der Waals surface area contributed by atoms with Crippen LogP contribution in [0.5, 0.6) is 0 Å². The number of nitrogens with one attached hydrogen (secondary N) is 2. The largest absolute Gasteiger partial charge is 0.369 e. The maximum Gasteiger partial charge on any atom is 0.261 e. The van der Waals surface area contributed by atoms with E-state index >= 15 is 0 Å². The Morgan fingerprint density at radius 3 is 2.18 bits per heavy atom. The molecule has 38 heavy (non-hydrogen) atoms. The molecule has 0 radical (unpaired) electrons. The van der Waals surface area contributed by atoms with Crippen molar-refractivity contribution in [2.24, 2.45) is 11.7 Å². The first-order chi connectivity index (χ1) is 18.2. The number of nitrogens with two attached hydrogens (primary N) is 1. The molecule has 4 N–H and O–H groups in total. The molecule has 0 unspecified atom stereocenters. The third kappa shape index (κ3) is 6.93. The Morgan fingerprint density at radius 1 is 0.895 bits per heavy atom. The van der Waals surface area contributed by atoms with Gasteiger partial charge in [0.1, 0.15) is 0 Å². The molecule has 1 aliphatic rings. The van der Waals surface area contributed by atoms with Crippen molar-refractivity contribution in [1.29, 1.82) is 0 Å². The van der Waals surface area contributed by atoms with Gasteiger partial charge in [-0.25, -0.2) is 8.42 Å². The molecule has 0 saturated carbocycles. The van der Waals surface area contributed by atoms with Gasteiger partial charge in [-0.05, 0) is 61.4 Å². The number of carbonyl (C=O) groups excluding carboxylic acids is 3. The maximum absolute atomic E-state index is 13.0. The van der Waals surface area contributed by atoms with Gasteiger partial charge in [-0.15, -0.1) is 0 Å². The lowest BCUT2D eigenvalue weighted by molar-refractivity contribution is -0.133. The van der Waals surface area contributed by atoms with Gasteiger partial charge in [0.2, 0.25) is 11.8 Å². The van der Waals surface area contributed by atoms with E-state index in [9.17, 15) is 22.8 Å². The second-order valence-corrected chi connectivity index (χ2v) is 11.6. The Balaban J connectivity index is 1.35. The van der Waals surface area contributed by atoms with Crippen molar-refractivity contribution in [3.8, 4) is 0 Å². The summed E-state index contributed by atoms with van der Waals surface area (Å²) in [6, 6.07) is 22.2. The fourth-order valence-electron chi connectivity index (χ4n) is 4.03. The number of piperidine rings is 1. The highest BCUT2D eigenvalue weighted by atomic mass is 32.2. The average Bonchev–Trinajstić information content (AvgIpc) is 2.93. The molecule has 198 valence electrons. The number of sulfonamides is 1. The van der Waals surface area contributed by atoms with E-state index in [-0.39, 0.29) is 34.7 Å². The lowest BCUT2D eigenvalue weighted by Crippen LogP contribution is -2.45. The Labute approximate surface area is 225 Å². The number of para-hydroxylation sites is 1. The number of rotatable bonds is 9. The van der Waals surface area contributed by atoms with Gasteiger partial charge in [-0.3, -0.25) is 19.1 Å². The number of likely N-dealkylation sites (tertiary alicyclic amines) is 1. The summed E-state index contributed by atoms with van der Waals surface area (Å²) >= 11 is 1.44. The van der Waals surface area contributed by atoms with Crippen LogP contribution in [0.1, 0.15) is 23.2 Å². The number of nitrogens with zero attached hydrogens (tertiary/aromatic N) is 1. The average molecular weight is 553 g/mol. The molecule has 11 heteroatoms. The Bertz CT molecular complexity index is 1400. The first-order valence-corrected chi connectivity index (χ1v) is 14.3. The first-order valence-electron chi connectivity index (χ1n) is 12.0. The lowest BCUT2D eigenvalue weighted by atomic mass is 9.96. The molecule has 3 aromatic rings. The van der Waals surface area contributed by atoms with Crippen molar-refractivity contribution in [2.45, 2.75) is 27.5 Å². The van der Waals surface area contributed by atoms with Crippen LogP contribution in [0, 0.1) is 5.92 Å². The lowest BCUT2D eigenvalue weighted by Gasteiger charge is -2.30. The number of anilines is 1. The van der Waals surface area contributed by atoms with Crippen LogP contribution >= 0.6 is 11.8 Å². The molecule has 0 bridgehead atoms. The van der Waals surface area contributed by atoms with Crippen LogP contribution in [0.3, 0.4) is 0 Å². The minimum Gasteiger partial charge on any atom is -0.369 e. The Morgan fingerprint density at radius 2 is 1.53 bits per heavy atom. The SMILES string of the molecule is NC(=O)C1CCN(C(=O)CNC(=O)c2ccc(S(=O)(=O)Nc3ccccc3Sc3ccccc3)cc2)CC1. The van der Waals surface area contributed by atoms with Crippen LogP contribution in [0.2, 0.25) is 0 Å². The second-order valence-electron chi connectivity index (χ2n) is 8.78. The molecule has 3 aromatic carbocycles. The van der Waals surface area contributed by atoms with Gasteiger partial charge in [-0.1, -0.05) is 42.1 Å². The van der Waals surface area contributed by atoms with E-state index in [0.29, 0.717) is 31.6 Å². The number of primary amides is 1. The van der Waals surface area contributed by atoms with Gasteiger partial charge in [0.25, 0.3) is 15.9 Å². The highest BCUT2D eigenvalue weighted by Crippen LogP contribution is 2.34. The van der Waals surface area contributed by atoms with E-state index in [1.807, 2.05) is 42.5 Å². The third-order valence-corrected chi connectivity index (χ3v) is 8.64. The van der Waals surface area contributed by atoms with Gasteiger partial charge < -0.3 is 16.0 Å². The minimum absolute atomic E-state index is 0.00182. The molecule has 1 heterocycles. The van der Waals surface area contributed by atoms with E-state index in [4.69, 9.17) is 5.73 Å². The monoisotopic (exact) mass is 552 g/mol. The molecule has 4 rings (SSSR count). The number of hydrogen-bond donors (Lipinski definition) is 3. The fourth-order valence-corrected chi connectivity index (χ4v) is 6.09. The summed E-state index contributed by atoms with van der Waals surface area (Å²) in [6.45, 7) is 0.626. The number of amides is 3. The Kier molecular flexibility index (Phi) is 8.70. The van der Waals surface area contributed by atoms with Crippen LogP contribution in [-0.2, 0) is 19.6 Å². The van der Waals surface area contributed by atoms with E-state index in [1.54, 1.807) is 17.0 Å². The van der Waals surface area contributed by atoms with Crippen LogP contribution in [0.15, 0.2) is 93.5 Å². The normalized spacial score (nSPS) is 14.1. The quantitative estimate of drug-likeness (QED) is 0.373. The summed E-state index contributed by atoms with van der Waals surface area (Å²) < 4.78 is 28.7. The molecular weight excluding hydrogens is 524 g/mol. The predicted molar refractivity (Wildman–Crippen MR) is 145 cm³/mol. The molecule has 0 aromatic heterocycles. The molecule has 1 fully saturated rings. The standard InChI is InChI=1S/C27H28N4O5S2/c28-26(33)19-14-16-31(17-15-19)25(32)18-29-27(34)20-10-12-22(13-11-20)38(35,36)30-23-8-4-5-9-24(23)37-21-6-2-1-3-7-21/h1-13,19,30H,14-18H2,(H2,28,33)(H,29,34). The van der Waals surface area contributed by atoms with Crippen molar-refractivity contribution in [3.63, 3.8) is 0 Å². The van der Waals surface area contributed by atoms with E-state index < -0.39 is 15.9 Å². The van der Waals surface area contributed by atoms with Crippen LogP contribution in [0.4, 0.5) is 5.69 Å². The zero-order valence-electron chi connectivity index (χ0n) is 20.5. The van der Waals surface area contributed by atoms with Crippen molar-refractivity contribution in [2.75, 3.05) is 24.4 Å². The van der Waals surface area contributed by atoms with E-state index in [1.165, 1.54) is 36.0 Å². The first kappa shape index (κ1) is 27.2. The Hall–Kier alpha value is -3.83. The fraction of sp³-hybridized carbons (Fsp3) is 0.222. The molecule has 0 atom stereocenters. The second kappa shape index (κ2) is 12.1. The number of benzene rings is 3. The highest BCUT2D eigenvalue weighted by molar-refractivity contribution is 7.99. The summed E-state index contributed by atoms with van der Waals surface area (Å²) in [5, 5.41) is 2.57. The summed E-state index contributed by atoms with van der Waals surface area (Å²) in [5.74, 6) is -1.33. The molecule has 0 spiro atoms. The maximum atomic E-state index is 13.0. The number of hydrogen-bond acceptors (Lipinski definition) is 6. The summed E-state index contributed by atoms with van der Waals surface area (Å²) in [4.78, 5) is 39.6. The van der Waals surface area contributed by atoms with Gasteiger partial charge in [0.15, 0.2) is 0 Å². The topological polar surface area (TPSA) is 139 Å². The molecule has 3 amide bonds. The number of carbonyl (C=O) groups is 3. The van der Waals surface area contributed by atoms with Gasteiger partial charge >= 0.3 is 0 Å². The van der Waals surface area contributed by atoms with Crippen molar-refractivity contribution in [3.05, 3.63) is 84.4 Å².